The van der Waals surface area contributed by atoms with Gasteiger partial charge in [0.1, 0.15) is 6.54 Å². The lowest BCUT2D eigenvalue weighted by molar-refractivity contribution is -0.180. The van der Waals surface area contributed by atoms with Gasteiger partial charge in [0, 0.05) is 32.9 Å². The fourth-order valence-electron chi connectivity index (χ4n) is 8.89. The number of hydrogen-bond acceptors (Lipinski definition) is 8. The number of likely N-dealkylation sites (N-methyl/N-ethyl adjacent to an activating group) is 1. The van der Waals surface area contributed by atoms with Gasteiger partial charge in [-0.25, -0.2) is 0 Å². The molecule has 62 heavy (non-hydrogen) atoms. The molecule has 9 nitrogen and oxygen atoms in total. The molecule has 0 N–H and O–H groups in total. The number of rotatable bonds is 44. The maximum absolute atomic E-state index is 13.2. The molecular formula is C53H102N2O7. The SMILES string of the molecule is CCCCCCCCC(CCCCCC)C(=O)OCCCCCC1(CCCCCOC(=O)CN(C)C(=O)CC(CCCCCCC)CCCCCCC)OCC(CCN(C)C)O1. The van der Waals surface area contributed by atoms with Crippen LogP contribution in [-0.4, -0.2) is 93.6 Å². The number of carbonyl (C=O) groups excluding carboxylic acids is 3. The van der Waals surface area contributed by atoms with Crippen LogP contribution in [0.2, 0.25) is 0 Å². The Morgan fingerprint density at radius 2 is 1.03 bits per heavy atom. The van der Waals surface area contributed by atoms with E-state index in [2.05, 4.69) is 46.7 Å². The summed E-state index contributed by atoms with van der Waals surface area (Å²) in [5.74, 6) is -0.402. The van der Waals surface area contributed by atoms with Gasteiger partial charge in [0.05, 0.1) is 31.8 Å². The van der Waals surface area contributed by atoms with Gasteiger partial charge in [-0.05, 0) is 90.6 Å². The van der Waals surface area contributed by atoms with Crippen molar-refractivity contribution < 1.29 is 33.3 Å². The van der Waals surface area contributed by atoms with Gasteiger partial charge in [-0.2, -0.15) is 0 Å². The van der Waals surface area contributed by atoms with Gasteiger partial charge in [-0.15, -0.1) is 0 Å². The highest BCUT2D eigenvalue weighted by atomic mass is 16.7. The Balaban J connectivity index is 2.51. The van der Waals surface area contributed by atoms with Gasteiger partial charge in [0.25, 0.3) is 0 Å². The topological polar surface area (TPSA) is 94.6 Å². The molecule has 1 aliphatic heterocycles. The highest BCUT2D eigenvalue weighted by Gasteiger charge is 2.40. The van der Waals surface area contributed by atoms with Crippen LogP contribution in [0.25, 0.3) is 0 Å². The van der Waals surface area contributed by atoms with Crippen molar-refractivity contribution in [2.75, 3.05) is 54.1 Å². The Bertz CT molecular complexity index is 1060. The van der Waals surface area contributed by atoms with Crippen LogP contribution in [0.15, 0.2) is 0 Å². The molecule has 1 saturated heterocycles. The largest absolute Gasteiger partial charge is 0.465 e. The van der Waals surface area contributed by atoms with Crippen molar-refractivity contribution in [3.63, 3.8) is 0 Å². The number of amides is 1. The monoisotopic (exact) mass is 879 g/mol. The van der Waals surface area contributed by atoms with Gasteiger partial charge < -0.3 is 28.7 Å². The number of hydrogen-bond donors (Lipinski definition) is 0. The molecule has 1 amide bonds. The second-order valence-electron chi connectivity index (χ2n) is 19.4. The summed E-state index contributed by atoms with van der Waals surface area (Å²) in [6.45, 7) is 11.4. The molecule has 3 atom stereocenters. The number of ether oxygens (including phenoxy) is 4. The standard InChI is InChI=1S/C53H102N2O7/c1-8-12-16-20-23-29-37-48(36-28-19-15-11-4)52(58)60-43-33-25-31-40-53(61-46-49(62-53)38-41-54(5)6)39-30-24-32-42-59-51(57)45-55(7)50(56)44-47(34-26-21-17-13-9-2)35-27-22-18-14-10-3/h47-49H,8-46H2,1-7H3. The summed E-state index contributed by atoms with van der Waals surface area (Å²) in [5.41, 5.74) is 0. The zero-order chi connectivity index (χ0) is 45.5. The van der Waals surface area contributed by atoms with Gasteiger partial charge in [0.15, 0.2) is 5.79 Å². The van der Waals surface area contributed by atoms with E-state index in [1.165, 1.54) is 116 Å². The summed E-state index contributed by atoms with van der Waals surface area (Å²) < 4.78 is 24.6. The zero-order valence-corrected chi connectivity index (χ0v) is 42.1. The van der Waals surface area contributed by atoms with Crippen LogP contribution in [0.3, 0.4) is 0 Å². The predicted molar refractivity (Wildman–Crippen MR) is 258 cm³/mol. The van der Waals surface area contributed by atoms with Crippen LogP contribution >= 0.6 is 0 Å². The summed E-state index contributed by atoms with van der Waals surface area (Å²) in [4.78, 5) is 42.8. The summed E-state index contributed by atoms with van der Waals surface area (Å²) in [7, 11) is 5.92. The minimum Gasteiger partial charge on any atom is -0.465 e. The Morgan fingerprint density at radius 3 is 1.55 bits per heavy atom. The lowest BCUT2D eigenvalue weighted by atomic mass is 9.91. The van der Waals surface area contributed by atoms with Gasteiger partial charge in [0.2, 0.25) is 5.91 Å². The van der Waals surface area contributed by atoms with E-state index in [4.69, 9.17) is 18.9 Å². The third-order valence-corrected chi connectivity index (χ3v) is 13.1. The maximum Gasteiger partial charge on any atom is 0.325 e. The third-order valence-electron chi connectivity index (χ3n) is 13.1. The third kappa shape index (κ3) is 31.2. The van der Waals surface area contributed by atoms with Crippen LogP contribution < -0.4 is 0 Å². The van der Waals surface area contributed by atoms with Crippen molar-refractivity contribution in [2.24, 2.45) is 11.8 Å². The molecule has 1 heterocycles. The number of nitrogens with zero attached hydrogens (tertiary/aromatic N) is 2. The minimum atomic E-state index is -0.586. The Hall–Kier alpha value is -1.71. The Kier molecular flexibility index (Phi) is 37.3. The molecule has 0 radical (unpaired) electrons. The molecular weight excluding hydrogens is 777 g/mol. The van der Waals surface area contributed by atoms with Crippen molar-refractivity contribution in [1.82, 2.24) is 9.80 Å². The van der Waals surface area contributed by atoms with Gasteiger partial charge in [-0.1, -0.05) is 156 Å². The molecule has 1 rings (SSSR count). The molecule has 0 aromatic heterocycles. The van der Waals surface area contributed by atoms with Crippen LogP contribution in [0, 0.1) is 11.8 Å². The highest BCUT2D eigenvalue weighted by Crippen LogP contribution is 2.35. The fourth-order valence-corrected chi connectivity index (χ4v) is 8.89. The molecule has 1 aliphatic rings. The van der Waals surface area contributed by atoms with E-state index in [0.29, 0.717) is 32.2 Å². The number of unbranched alkanes of at least 4 members (excludes halogenated alkanes) is 20. The van der Waals surface area contributed by atoms with Crippen molar-refractivity contribution in [3.05, 3.63) is 0 Å². The number of esters is 2. The second kappa shape index (κ2) is 39.6. The highest BCUT2D eigenvalue weighted by molar-refractivity contribution is 5.82. The number of carbonyl (C=O) groups is 3. The predicted octanol–water partition coefficient (Wildman–Crippen LogP) is 13.8. The Morgan fingerprint density at radius 1 is 0.581 bits per heavy atom. The van der Waals surface area contributed by atoms with Crippen LogP contribution in [0.1, 0.15) is 246 Å². The van der Waals surface area contributed by atoms with Crippen molar-refractivity contribution in [3.8, 4) is 0 Å². The van der Waals surface area contributed by atoms with E-state index in [1.807, 2.05) is 0 Å². The van der Waals surface area contributed by atoms with Crippen molar-refractivity contribution in [2.45, 2.75) is 258 Å². The van der Waals surface area contributed by atoms with E-state index in [1.54, 1.807) is 11.9 Å². The molecule has 1 fully saturated rings. The van der Waals surface area contributed by atoms with E-state index < -0.39 is 5.79 Å². The van der Waals surface area contributed by atoms with Crippen molar-refractivity contribution in [1.29, 1.82) is 0 Å². The van der Waals surface area contributed by atoms with Gasteiger partial charge in [-0.3, -0.25) is 14.4 Å². The van der Waals surface area contributed by atoms with E-state index in [9.17, 15) is 14.4 Å². The molecule has 366 valence electrons. The van der Waals surface area contributed by atoms with E-state index in [-0.39, 0.29) is 36.4 Å². The van der Waals surface area contributed by atoms with Crippen molar-refractivity contribution >= 4 is 17.8 Å². The molecule has 0 aromatic rings. The normalized spacial score (nSPS) is 17.0. The zero-order valence-electron chi connectivity index (χ0n) is 42.1. The van der Waals surface area contributed by atoms with Crippen LogP contribution in [-0.2, 0) is 33.3 Å². The first-order chi connectivity index (χ1) is 30.1. The van der Waals surface area contributed by atoms with E-state index >= 15 is 0 Å². The molecule has 9 heteroatoms. The second-order valence-corrected chi connectivity index (χ2v) is 19.4. The lowest BCUT2D eigenvalue weighted by Crippen LogP contribution is -2.34. The molecule has 0 bridgehead atoms. The first-order valence-electron chi connectivity index (χ1n) is 26.6. The molecule has 0 spiro atoms. The lowest BCUT2D eigenvalue weighted by Gasteiger charge is -2.29. The first-order valence-corrected chi connectivity index (χ1v) is 26.6. The van der Waals surface area contributed by atoms with Crippen LogP contribution in [0.5, 0.6) is 0 Å². The van der Waals surface area contributed by atoms with E-state index in [0.717, 1.165) is 103 Å². The van der Waals surface area contributed by atoms with Crippen LogP contribution in [0.4, 0.5) is 0 Å². The molecule has 0 aliphatic carbocycles. The summed E-state index contributed by atoms with van der Waals surface area (Å²) >= 11 is 0. The maximum atomic E-state index is 13.2. The fraction of sp³-hybridized carbons (Fsp3) is 0.943. The quantitative estimate of drug-likeness (QED) is 0.0441. The molecule has 3 unspecified atom stereocenters. The first kappa shape index (κ1) is 58.3. The molecule has 0 aromatic carbocycles. The molecule has 0 saturated carbocycles. The Labute approximate surface area is 383 Å². The summed E-state index contributed by atoms with van der Waals surface area (Å²) in [5, 5.41) is 0. The summed E-state index contributed by atoms with van der Waals surface area (Å²) in [6.07, 6.45) is 37.4. The summed E-state index contributed by atoms with van der Waals surface area (Å²) in [6, 6.07) is 0. The minimum absolute atomic E-state index is 0.00963. The smallest absolute Gasteiger partial charge is 0.325 e. The van der Waals surface area contributed by atoms with Gasteiger partial charge >= 0.3 is 11.9 Å². The average molecular weight is 879 g/mol. The average Bonchev–Trinajstić information content (AvgIpc) is 3.66.